The summed E-state index contributed by atoms with van der Waals surface area (Å²) in [5, 5.41) is 3.62. The van der Waals surface area contributed by atoms with Crippen LogP contribution in [0.4, 0.5) is 4.79 Å². The minimum absolute atomic E-state index is 0.00606. The fourth-order valence-corrected chi connectivity index (χ4v) is 4.00. The van der Waals surface area contributed by atoms with Gasteiger partial charge in [-0.3, -0.25) is 9.69 Å². The van der Waals surface area contributed by atoms with E-state index < -0.39 is 17.9 Å². The summed E-state index contributed by atoms with van der Waals surface area (Å²) in [7, 11) is 1.25. The number of fused-ring (bicyclic) bond motifs is 1. The van der Waals surface area contributed by atoms with Crippen molar-refractivity contribution in [3.05, 3.63) is 101 Å². The van der Waals surface area contributed by atoms with Crippen LogP contribution in [-0.2, 0) is 22.6 Å². The van der Waals surface area contributed by atoms with Crippen molar-refractivity contribution in [2.75, 3.05) is 7.11 Å². The van der Waals surface area contributed by atoms with Crippen molar-refractivity contribution >= 4 is 34.9 Å². The molecule has 3 amide bonds. The molecule has 2 aromatic heterocycles. The number of rotatable bonds is 6. The first-order valence-corrected chi connectivity index (χ1v) is 10.7. The van der Waals surface area contributed by atoms with Gasteiger partial charge in [-0.2, -0.15) is 0 Å². The van der Waals surface area contributed by atoms with E-state index in [-0.39, 0.29) is 18.0 Å². The number of para-hydroxylation sites is 1. The quantitative estimate of drug-likeness (QED) is 0.268. The lowest BCUT2D eigenvalue weighted by Crippen LogP contribution is -2.30. The van der Waals surface area contributed by atoms with Crippen LogP contribution in [0.3, 0.4) is 0 Å². The molecule has 8 heteroatoms. The number of aromatic nitrogens is 1. The third-order valence-electron chi connectivity index (χ3n) is 5.64. The van der Waals surface area contributed by atoms with Crippen LogP contribution < -0.4 is 5.32 Å². The molecule has 1 aliphatic heterocycles. The molecular formula is C26H21N3O5. The topological polar surface area (TPSA) is 93.8 Å². The molecule has 34 heavy (non-hydrogen) atoms. The fourth-order valence-electron chi connectivity index (χ4n) is 4.00. The summed E-state index contributed by atoms with van der Waals surface area (Å²) in [6.45, 7) is 0.576. The van der Waals surface area contributed by atoms with Gasteiger partial charge in [0.25, 0.3) is 5.91 Å². The molecule has 0 radical (unpaired) electrons. The summed E-state index contributed by atoms with van der Waals surface area (Å²) in [5.74, 6) is -0.798. The smallest absolute Gasteiger partial charge is 0.373 e. The van der Waals surface area contributed by atoms with Gasteiger partial charge in [0.05, 0.1) is 13.7 Å². The molecule has 0 saturated carbocycles. The van der Waals surface area contributed by atoms with Crippen molar-refractivity contribution in [1.82, 2.24) is 14.8 Å². The number of hydrogen-bond acceptors (Lipinski definition) is 5. The van der Waals surface area contributed by atoms with Crippen LogP contribution in [0.15, 0.2) is 83.0 Å². The second-order valence-corrected chi connectivity index (χ2v) is 7.85. The van der Waals surface area contributed by atoms with Gasteiger partial charge in [-0.25, -0.2) is 9.59 Å². The Morgan fingerprint density at radius 3 is 2.56 bits per heavy atom. The van der Waals surface area contributed by atoms with E-state index in [1.165, 1.54) is 19.2 Å². The minimum Gasteiger partial charge on any atom is -0.463 e. The molecule has 1 saturated heterocycles. The lowest BCUT2D eigenvalue weighted by atomic mass is 10.1. The Bertz CT molecular complexity index is 1430. The molecule has 1 fully saturated rings. The molecule has 0 spiro atoms. The van der Waals surface area contributed by atoms with Crippen LogP contribution in [-0.4, -0.2) is 34.5 Å². The molecule has 5 rings (SSSR count). The molecule has 3 heterocycles. The van der Waals surface area contributed by atoms with Gasteiger partial charge >= 0.3 is 12.0 Å². The van der Waals surface area contributed by atoms with E-state index in [1.54, 1.807) is 6.08 Å². The molecule has 170 valence electrons. The first-order valence-electron chi connectivity index (χ1n) is 10.7. The third-order valence-corrected chi connectivity index (χ3v) is 5.64. The molecule has 0 aliphatic carbocycles. The predicted octanol–water partition coefficient (Wildman–Crippen LogP) is 4.16. The summed E-state index contributed by atoms with van der Waals surface area (Å²) in [6, 6.07) is 20.4. The minimum atomic E-state index is -0.629. The molecule has 1 aliphatic rings. The standard InChI is InChI=1S/C26H21N3O5/c1-33-25(31)23-12-11-19(34-23)16-29-24(30)21(27-26(29)32)13-18-15-28(14-17-7-3-2-4-8-17)22-10-6-5-9-20(18)22/h2-13,15H,14,16H2,1H3,(H,27,32). The lowest BCUT2D eigenvalue weighted by Gasteiger charge is -2.09. The van der Waals surface area contributed by atoms with Crippen LogP contribution in [0.5, 0.6) is 0 Å². The first kappa shape index (κ1) is 21.3. The zero-order chi connectivity index (χ0) is 23.7. The van der Waals surface area contributed by atoms with Gasteiger partial charge in [0.2, 0.25) is 5.76 Å². The molecular weight excluding hydrogens is 434 g/mol. The van der Waals surface area contributed by atoms with E-state index >= 15 is 0 Å². The Kier molecular flexibility index (Phi) is 5.47. The highest BCUT2D eigenvalue weighted by atomic mass is 16.5. The average molecular weight is 455 g/mol. The van der Waals surface area contributed by atoms with Crippen LogP contribution >= 0.6 is 0 Å². The summed E-state index contributed by atoms with van der Waals surface area (Å²) < 4.78 is 12.1. The van der Waals surface area contributed by atoms with Gasteiger partial charge in [0, 0.05) is 29.2 Å². The maximum Gasteiger partial charge on any atom is 0.373 e. The van der Waals surface area contributed by atoms with Gasteiger partial charge in [-0.1, -0.05) is 48.5 Å². The van der Waals surface area contributed by atoms with Gasteiger partial charge in [-0.05, 0) is 29.8 Å². The molecule has 0 atom stereocenters. The number of urea groups is 1. The number of imide groups is 1. The number of benzene rings is 2. The monoisotopic (exact) mass is 455 g/mol. The maximum absolute atomic E-state index is 13.0. The number of carbonyl (C=O) groups excluding carboxylic acids is 3. The van der Waals surface area contributed by atoms with Gasteiger partial charge in [0.1, 0.15) is 11.5 Å². The maximum atomic E-state index is 13.0. The summed E-state index contributed by atoms with van der Waals surface area (Å²) >= 11 is 0. The average Bonchev–Trinajstić information content (AvgIpc) is 3.53. The van der Waals surface area contributed by atoms with Crippen molar-refractivity contribution < 1.29 is 23.5 Å². The third kappa shape index (κ3) is 3.97. The molecule has 4 aromatic rings. The largest absolute Gasteiger partial charge is 0.463 e. The second-order valence-electron chi connectivity index (χ2n) is 7.85. The van der Waals surface area contributed by atoms with Crippen molar-refractivity contribution in [2.24, 2.45) is 0 Å². The van der Waals surface area contributed by atoms with Crippen molar-refractivity contribution in [1.29, 1.82) is 0 Å². The normalized spacial score (nSPS) is 14.7. The van der Waals surface area contributed by atoms with Crippen LogP contribution in [0, 0.1) is 0 Å². The van der Waals surface area contributed by atoms with Crippen LogP contribution in [0.2, 0.25) is 0 Å². The van der Waals surface area contributed by atoms with E-state index in [2.05, 4.69) is 26.8 Å². The van der Waals surface area contributed by atoms with Gasteiger partial charge in [0.15, 0.2) is 0 Å². The molecule has 2 aromatic carbocycles. The zero-order valence-electron chi connectivity index (χ0n) is 18.4. The Morgan fingerprint density at radius 1 is 1.00 bits per heavy atom. The number of amides is 3. The van der Waals surface area contributed by atoms with Gasteiger partial charge in [-0.15, -0.1) is 0 Å². The Labute approximate surface area is 195 Å². The van der Waals surface area contributed by atoms with Gasteiger partial charge < -0.3 is 19.0 Å². The van der Waals surface area contributed by atoms with Crippen molar-refractivity contribution in [2.45, 2.75) is 13.1 Å². The van der Waals surface area contributed by atoms with Crippen molar-refractivity contribution in [3.8, 4) is 0 Å². The van der Waals surface area contributed by atoms with E-state index in [9.17, 15) is 14.4 Å². The Balaban J connectivity index is 1.42. The Morgan fingerprint density at radius 2 is 1.76 bits per heavy atom. The van der Waals surface area contributed by atoms with Crippen LogP contribution in [0.25, 0.3) is 17.0 Å². The zero-order valence-corrected chi connectivity index (χ0v) is 18.4. The number of furan rings is 1. The number of carbonyl (C=O) groups is 3. The summed E-state index contributed by atoms with van der Waals surface area (Å²) in [5.41, 5.74) is 3.18. The number of hydrogen-bond donors (Lipinski definition) is 1. The SMILES string of the molecule is COC(=O)c1ccc(CN2C(=O)NC(=Cc3cn(Cc4ccccc4)c4ccccc34)C2=O)o1. The molecule has 0 unspecified atom stereocenters. The van der Waals surface area contributed by atoms with Crippen molar-refractivity contribution in [3.63, 3.8) is 0 Å². The first-order chi connectivity index (χ1) is 16.5. The Hall–Kier alpha value is -4.59. The highest BCUT2D eigenvalue weighted by Crippen LogP contribution is 2.26. The second kappa shape index (κ2) is 8.74. The lowest BCUT2D eigenvalue weighted by molar-refractivity contribution is -0.123. The molecule has 1 N–H and O–H groups in total. The summed E-state index contributed by atoms with van der Waals surface area (Å²) in [4.78, 5) is 38.1. The number of methoxy groups -OCH3 is 1. The fraction of sp³-hybridized carbons (Fsp3) is 0.115. The highest BCUT2D eigenvalue weighted by Gasteiger charge is 2.34. The number of esters is 1. The highest BCUT2D eigenvalue weighted by molar-refractivity contribution is 6.14. The summed E-state index contributed by atoms with van der Waals surface area (Å²) in [6.07, 6.45) is 3.66. The molecule has 8 nitrogen and oxygen atoms in total. The van der Waals surface area contributed by atoms with E-state index in [4.69, 9.17) is 4.42 Å². The number of nitrogens with zero attached hydrogens (tertiary/aromatic N) is 2. The van der Waals surface area contributed by atoms with E-state index in [0.29, 0.717) is 12.3 Å². The molecule has 0 bridgehead atoms. The van der Waals surface area contributed by atoms with Crippen LogP contribution in [0.1, 0.15) is 27.4 Å². The number of nitrogens with one attached hydrogen (secondary N) is 1. The number of ether oxygens (including phenoxy) is 1. The van der Waals surface area contributed by atoms with E-state index in [1.807, 2.05) is 48.7 Å². The predicted molar refractivity (Wildman–Crippen MR) is 125 cm³/mol. The van der Waals surface area contributed by atoms with E-state index in [0.717, 1.165) is 26.9 Å².